The van der Waals surface area contributed by atoms with Crippen molar-refractivity contribution >= 4 is 45.0 Å². The van der Waals surface area contributed by atoms with Crippen LogP contribution < -0.4 is 10.1 Å². The van der Waals surface area contributed by atoms with Gasteiger partial charge in [0.25, 0.3) is 5.91 Å². The van der Waals surface area contributed by atoms with Crippen LogP contribution in [-0.4, -0.2) is 29.6 Å². The van der Waals surface area contributed by atoms with Gasteiger partial charge < -0.3 is 19.9 Å². The molecule has 1 aliphatic heterocycles. The zero-order valence-corrected chi connectivity index (χ0v) is 15.9. The smallest absolute Gasteiger partial charge is 0.251 e. The van der Waals surface area contributed by atoms with Crippen LogP contribution in [0.4, 0.5) is 0 Å². The quantitative estimate of drug-likeness (QED) is 0.744. The lowest BCUT2D eigenvalue weighted by molar-refractivity contribution is -0.153. The molecule has 0 aromatic heterocycles. The van der Waals surface area contributed by atoms with E-state index >= 15 is 0 Å². The third-order valence-corrected chi connectivity index (χ3v) is 4.67. The van der Waals surface area contributed by atoms with E-state index in [1.54, 1.807) is 36.4 Å². The molecule has 0 radical (unpaired) electrons. The molecule has 132 valence electrons. The van der Waals surface area contributed by atoms with E-state index in [-0.39, 0.29) is 18.1 Å². The Morgan fingerprint density at radius 1 is 1.24 bits per heavy atom. The predicted octanol–water partition coefficient (Wildman–Crippen LogP) is 4.00. The molecule has 1 heterocycles. The van der Waals surface area contributed by atoms with Gasteiger partial charge in [0.15, 0.2) is 12.0 Å². The van der Waals surface area contributed by atoms with Crippen LogP contribution in [0.1, 0.15) is 16.8 Å². The number of halogens is 3. The van der Waals surface area contributed by atoms with Gasteiger partial charge in [0, 0.05) is 16.5 Å². The van der Waals surface area contributed by atoms with Gasteiger partial charge in [-0.25, -0.2) is 0 Å². The van der Waals surface area contributed by atoms with Crippen LogP contribution in [-0.2, 0) is 4.74 Å². The Bertz CT molecular complexity index is 751. The highest BCUT2D eigenvalue weighted by molar-refractivity contribution is 9.10. The summed E-state index contributed by atoms with van der Waals surface area (Å²) in [5, 5.41) is 13.4. The van der Waals surface area contributed by atoms with Crippen LogP contribution in [0.2, 0.25) is 10.0 Å². The number of carbonyl (C=O) groups is 1. The van der Waals surface area contributed by atoms with Crippen molar-refractivity contribution in [3.05, 3.63) is 62.5 Å². The first-order valence-corrected chi connectivity index (χ1v) is 8.99. The average Bonchev–Trinajstić information content (AvgIpc) is 2.91. The number of ether oxygens (including phenoxy) is 2. The number of rotatable bonds is 4. The summed E-state index contributed by atoms with van der Waals surface area (Å²) < 4.78 is 11.7. The third kappa shape index (κ3) is 4.46. The molecule has 1 aliphatic rings. The molecule has 0 aliphatic carbocycles. The molecule has 3 rings (SSSR count). The first-order chi connectivity index (χ1) is 11.9. The van der Waals surface area contributed by atoms with Crippen LogP contribution in [0.5, 0.6) is 5.75 Å². The van der Waals surface area contributed by atoms with Gasteiger partial charge in [-0.3, -0.25) is 4.79 Å². The van der Waals surface area contributed by atoms with E-state index in [0.29, 0.717) is 15.6 Å². The van der Waals surface area contributed by atoms with Crippen molar-refractivity contribution < 1.29 is 19.4 Å². The summed E-state index contributed by atoms with van der Waals surface area (Å²) in [5.74, 6) is -0.0348. The Morgan fingerprint density at radius 3 is 2.52 bits per heavy atom. The number of amides is 1. The molecular formula is C17H14BrCl2NO4. The lowest BCUT2D eigenvalue weighted by Crippen LogP contribution is -2.40. The third-order valence-electron chi connectivity index (χ3n) is 3.65. The van der Waals surface area contributed by atoms with Gasteiger partial charge in [0.05, 0.1) is 16.1 Å². The van der Waals surface area contributed by atoms with Crippen LogP contribution in [0.25, 0.3) is 0 Å². The topological polar surface area (TPSA) is 67.8 Å². The summed E-state index contributed by atoms with van der Waals surface area (Å²) in [4.78, 5) is 12.2. The summed E-state index contributed by atoms with van der Waals surface area (Å²) in [5.41, 5.74) is 0.498. The molecule has 2 N–H and O–H groups in total. The van der Waals surface area contributed by atoms with Gasteiger partial charge in [-0.1, -0.05) is 57.3 Å². The van der Waals surface area contributed by atoms with Crippen molar-refractivity contribution in [2.75, 3.05) is 0 Å². The lowest BCUT2D eigenvalue weighted by atomic mass is 10.1. The molecule has 25 heavy (non-hydrogen) atoms. The number of benzene rings is 2. The molecule has 2 aromatic carbocycles. The zero-order valence-electron chi connectivity index (χ0n) is 12.8. The molecule has 0 spiro atoms. The molecule has 3 atom stereocenters. The highest BCUT2D eigenvalue weighted by Crippen LogP contribution is 2.38. The maximum absolute atomic E-state index is 12.2. The second kappa shape index (κ2) is 7.93. The number of aliphatic hydroxyl groups is 1. The zero-order chi connectivity index (χ0) is 18.0. The molecule has 8 heteroatoms. The Kier molecular flexibility index (Phi) is 5.86. The van der Waals surface area contributed by atoms with Crippen molar-refractivity contribution in [3.8, 4) is 5.75 Å². The fourth-order valence-electron chi connectivity index (χ4n) is 2.45. The second-order valence-electron chi connectivity index (χ2n) is 5.45. The normalized spacial score (nSPS) is 22.6. The monoisotopic (exact) mass is 445 g/mol. The molecule has 0 unspecified atom stereocenters. The molecule has 1 amide bonds. The van der Waals surface area contributed by atoms with Gasteiger partial charge in [0.2, 0.25) is 6.29 Å². The Balaban J connectivity index is 1.65. The summed E-state index contributed by atoms with van der Waals surface area (Å²) in [6, 6.07) is 11.4. The van der Waals surface area contributed by atoms with E-state index in [9.17, 15) is 9.90 Å². The van der Waals surface area contributed by atoms with Crippen molar-refractivity contribution in [2.24, 2.45) is 0 Å². The Hall–Kier alpha value is -1.31. The molecule has 5 nitrogen and oxygen atoms in total. The molecule has 0 saturated carbocycles. The first-order valence-electron chi connectivity index (χ1n) is 7.44. The van der Waals surface area contributed by atoms with Crippen molar-refractivity contribution in [1.29, 1.82) is 0 Å². The van der Waals surface area contributed by atoms with E-state index in [0.717, 1.165) is 4.47 Å². The number of nitrogens with one attached hydrogen (secondary N) is 1. The van der Waals surface area contributed by atoms with Crippen LogP contribution in [0.15, 0.2) is 46.9 Å². The number of aliphatic hydroxyl groups excluding tert-OH is 1. The molecule has 0 bridgehead atoms. The summed E-state index contributed by atoms with van der Waals surface area (Å²) in [7, 11) is 0. The standard InChI is InChI=1S/C17H14BrCl2NO4/c18-10-6-11(19)15(12(20)7-10)24-14-8-13(17(23)25-14)21-16(22)9-4-2-1-3-5-9/h1-7,13-14,17,23H,8H2,(H,21,22)/t13-,14-,17-/m0/s1. The van der Waals surface area contributed by atoms with Crippen molar-refractivity contribution in [2.45, 2.75) is 25.0 Å². The molecule has 1 saturated heterocycles. The van der Waals surface area contributed by atoms with Crippen molar-refractivity contribution in [3.63, 3.8) is 0 Å². The van der Waals surface area contributed by atoms with Crippen LogP contribution in [0, 0.1) is 0 Å². The highest BCUT2D eigenvalue weighted by Gasteiger charge is 2.37. The SMILES string of the molecule is O=C(N[C@H]1C[C@@H](Oc2c(Cl)cc(Br)cc2Cl)O[C@@H]1O)c1ccccc1. The van der Waals surface area contributed by atoms with Gasteiger partial charge in [-0.2, -0.15) is 0 Å². The van der Waals surface area contributed by atoms with Crippen molar-refractivity contribution in [1.82, 2.24) is 5.32 Å². The minimum atomic E-state index is -1.19. The van der Waals surface area contributed by atoms with Crippen LogP contribution in [0.3, 0.4) is 0 Å². The molecule has 1 fully saturated rings. The average molecular weight is 447 g/mol. The highest BCUT2D eigenvalue weighted by atomic mass is 79.9. The fourth-order valence-corrected chi connectivity index (χ4v) is 3.75. The number of hydrogen-bond donors (Lipinski definition) is 2. The summed E-state index contributed by atoms with van der Waals surface area (Å²) >= 11 is 15.5. The van der Waals surface area contributed by atoms with E-state index in [2.05, 4.69) is 21.2 Å². The second-order valence-corrected chi connectivity index (χ2v) is 7.18. The van der Waals surface area contributed by atoms with Gasteiger partial charge in [-0.15, -0.1) is 0 Å². The van der Waals surface area contributed by atoms with E-state index in [1.807, 2.05) is 6.07 Å². The van der Waals surface area contributed by atoms with Gasteiger partial charge in [-0.05, 0) is 24.3 Å². The van der Waals surface area contributed by atoms with Gasteiger partial charge >= 0.3 is 0 Å². The lowest BCUT2D eigenvalue weighted by Gasteiger charge is -2.15. The predicted molar refractivity (Wildman–Crippen MR) is 98.0 cm³/mol. The maximum atomic E-state index is 12.2. The number of carbonyl (C=O) groups excluding carboxylic acids is 1. The first kappa shape index (κ1) is 18.5. The molecule has 2 aromatic rings. The Morgan fingerprint density at radius 2 is 1.88 bits per heavy atom. The Labute approximate surface area is 163 Å². The van der Waals surface area contributed by atoms with E-state index < -0.39 is 18.6 Å². The summed E-state index contributed by atoms with van der Waals surface area (Å²) in [6.45, 7) is 0. The maximum Gasteiger partial charge on any atom is 0.251 e. The van der Waals surface area contributed by atoms with Crippen LogP contribution >= 0.6 is 39.1 Å². The largest absolute Gasteiger partial charge is 0.462 e. The fraction of sp³-hybridized carbons (Fsp3) is 0.235. The minimum absolute atomic E-state index is 0.252. The van der Waals surface area contributed by atoms with E-state index in [4.69, 9.17) is 32.7 Å². The minimum Gasteiger partial charge on any atom is -0.462 e. The van der Waals surface area contributed by atoms with Gasteiger partial charge in [0.1, 0.15) is 0 Å². The number of hydrogen-bond acceptors (Lipinski definition) is 4. The van der Waals surface area contributed by atoms with E-state index in [1.165, 1.54) is 0 Å². The summed E-state index contributed by atoms with van der Waals surface area (Å²) in [6.07, 6.45) is -1.72. The molecular weight excluding hydrogens is 433 g/mol.